The van der Waals surface area contributed by atoms with E-state index in [1.807, 2.05) is 31.2 Å². The van der Waals surface area contributed by atoms with E-state index < -0.39 is 0 Å². The van der Waals surface area contributed by atoms with Gasteiger partial charge in [0.15, 0.2) is 5.84 Å². The Hall–Kier alpha value is -2.08. The Bertz CT molecular complexity index is 644. The van der Waals surface area contributed by atoms with Gasteiger partial charge in [-0.15, -0.1) is 0 Å². The summed E-state index contributed by atoms with van der Waals surface area (Å²) in [5, 5.41) is 11.7. The van der Waals surface area contributed by atoms with E-state index in [1.54, 1.807) is 12.3 Å². The Kier molecular flexibility index (Phi) is 4.57. The van der Waals surface area contributed by atoms with Crippen molar-refractivity contribution < 1.29 is 9.94 Å². The van der Waals surface area contributed by atoms with Gasteiger partial charge in [-0.3, -0.25) is 4.98 Å². The van der Waals surface area contributed by atoms with Gasteiger partial charge < -0.3 is 15.7 Å². The standard InChI is InChI=1S/C14H14BrN3O2/c1-9-7-11(4-5-12(9)15)20-8-10-3-2-6-17-13(10)14(16)18-19/h2-7,19H,8H2,1H3,(H2,16,18). The molecule has 0 aliphatic rings. The summed E-state index contributed by atoms with van der Waals surface area (Å²) in [5.41, 5.74) is 7.85. The molecule has 3 N–H and O–H groups in total. The molecule has 0 aliphatic carbocycles. The van der Waals surface area contributed by atoms with Crippen molar-refractivity contribution in [3.8, 4) is 5.75 Å². The summed E-state index contributed by atoms with van der Waals surface area (Å²) in [5.74, 6) is 0.719. The highest BCUT2D eigenvalue weighted by atomic mass is 79.9. The number of amidine groups is 1. The number of rotatable bonds is 4. The Morgan fingerprint density at radius 3 is 2.95 bits per heavy atom. The van der Waals surface area contributed by atoms with Gasteiger partial charge in [-0.25, -0.2) is 0 Å². The molecule has 0 bridgehead atoms. The van der Waals surface area contributed by atoms with Crippen molar-refractivity contribution in [3.63, 3.8) is 0 Å². The van der Waals surface area contributed by atoms with Gasteiger partial charge in [0.25, 0.3) is 0 Å². The molecule has 0 amide bonds. The number of nitrogens with zero attached hydrogens (tertiary/aromatic N) is 2. The highest BCUT2D eigenvalue weighted by Crippen LogP contribution is 2.22. The van der Waals surface area contributed by atoms with Crippen molar-refractivity contribution in [2.75, 3.05) is 0 Å². The molecule has 0 aliphatic heterocycles. The van der Waals surface area contributed by atoms with Gasteiger partial charge in [0.1, 0.15) is 18.1 Å². The highest BCUT2D eigenvalue weighted by Gasteiger charge is 2.09. The molecule has 0 atom stereocenters. The van der Waals surface area contributed by atoms with Crippen molar-refractivity contribution >= 4 is 21.8 Å². The fraction of sp³-hybridized carbons (Fsp3) is 0.143. The van der Waals surface area contributed by atoms with Crippen LogP contribution in [0.5, 0.6) is 5.75 Å². The molecule has 2 aromatic rings. The number of aromatic nitrogens is 1. The normalized spacial score (nSPS) is 11.4. The van der Waals surface area contributed by atoms with Crippen LogP contribution in [0.25, 0.3) is 0 Å². The first-order valence-corrected chi connectivity index (χ1v) is 6.72. The van der Waals surface area contributed by atoms with Gasteiger partial charge in [-0.05, 0) is 36.8 Å². The molecule has 1 aromatic heterocycles. The minimum atomic E-state index is -0.0313. The quantitative estimate of drug-likeness (QED) is 0.389. The van der Waals surface area contributed by atoms with Crippen LogP contribution in [-0.4, -0.2) is 16.0 Å². The molecule has 2 rings (SSSR count). The van der Waals surface area contributed by atoms with E-state index in [0.717, 1.165) is 21.3 Å². The highest BCUT2D eigenvalue weighted by molar-refractivity contribution is 9.10. The molecule has 0 spiro atoms. The van der Waals surface area contributed by atoms with Gasteiger partial charge in [0.05, 0.1) is 0 Å². The van der Waals surface area contributed by atoms with Crippen LogP contribution in [0.3, 0.4) is 0 Å². The molecule has 1 heterocycles. The number of pyridine rings is 1. The monoisotopic (exact) mass is 335 g/mol. The predicted octanol–water partition coefficient (Wildman–Crippen LogP) is 2.83. The number of halogens is 1. The van der Waals surface area contributed by atoms with Crippen LogP contribution in [0.15, 0.2) is 46.2 Å². The number of oxime groups is 1. The topological polar surface area (TPSA) is 80.7 Å². The van der Waals surface area contributed by atoms with Crippen LogP contribution in [0.2, 0.25) is 0 Å². The van der Waals surface area contributed by atoms with E-state index in [1.165, 1.54) is 0 Å². The zero-order chi connectivity index (χ0) is 14.5. The van der Waals surface area contributed by atoms with E-state index in [4.69, 9.17) is 15.7 Å². The maximum Gasteiger partial charge on any atom is 0.189 e. The van der Waals surface area contributed by atoms with Gasteiger partial charge in [0, 0.05) is 16.2 Å². The van der Waals surface area contributed by atoms with E-state index >= 15 is 0 Å². The number of ether oxygens (including phenoxy) is 1. The molecule has 20 heavy (non-hydrogen) atoms. The van der Waals surface area contributed by atoms with Crippen LogP contribution >= 0.6 is 15.9 Å². The zero-order valence-electron chi connectivity index (χ0n) is 10.9. The van der Waals surface area contributed by atoms with Crippen LogP contribution < -0.4 is 10.5 Å². The third kappa shape index (κ3) is 3.27. The van der Waals surface area contributed by atoms with Gasteiger partial charge in [-0.2, -0.15) is 0 Å². The summed E-state index contributed by atoms with van der Waals surface area (Å²) >= 11 is 3.44. The van der Waals surface area contributed by atoms with Gasteiger partial charge in [0.2, 0.25) is 0 Å². The molecule has 104 valence electrons. The van der Waals surface area contributed by atoms with Crippen LogP contribution in [0.4, 0.5) is 0 Å². The number of aryl methyl sites for hydroxylation is 1. The van der Waals surface area contributed by atoms with Crippen LogP contribution in [0, 0.1) is 6.92 Å². The SMILES string of the molecule is Cc1cc(OCc2cccnc2/C(N)=N/O)ccc1Br. The molecule has 0 radical (unpaired) electrons. The number of hydrogen-bond donors (Lipinski definition) is 2. The fourth-order valence-electron chi connectivity index (χ4n) is 1.70. The molecular weight excluding hydrogens is 322 g/mol. The Morgan fingerprint density at radius 2 is 2.25 bits per heavy atom. The second kappa shape index (κ2) is 6.38. The molecule has 5 nitrogen and oxygen atoms in total. The first-order valence-electron chi connectivity index (χ1n) is 5.92. The first kappa shape index (κ1) is 14.3. The number of hydrogen-bond acceptors (Lipinski definition) is 4. The summed E-state index contributed by atoms with van der Waals surface area (Å²) in [7, 11) is 0. The average molecular weight is 336 g/mol. The Balaban J connectivity index is 2.17. The Labute approximate surface area is 125 Å². The summed E-state index contributed by atoms with van der Waals surface area (Å²) in [4.78, 5) is 4.09. The lowest BCUT2D eigenvalue weighted by Crippen LogP contribution is -2.18. The van der Waals surface area contributed by atoms with E-state index in [-0.39, 0.29) is 5.84 Å². The molecular formula is C14H14BrN3O2. The maximum absolute atomic E-state index is 8.74. The summed E-state index contributed by atoms with van der Waals surface area (Å²) < 4.78 is 6.74. The van der Waals surface area contributed by atoms with Gasteiger partial charge >= 0.3 is 0 Å². The average Bonchev–Trinajstić information content (AvgIpc) is 2.48. The Morgan fingerprint density at radius 1 is 1.45 bits per heavy atom. The lowest BCUT2D eigenvalue weighted by atomic mass is 10.2. The van der Waals surface area contributed by atoms with Crippen molar-refractivity contribution in [2.45, 2.75) is 13.5 Å². The molecule has 1 aromatic carbocycles. The molecule has 6 heteroatoms. The minimum Gasteiger partial charge on any atom is -0.489 e. The minimum absolute atomic E-state index is 0.0313. The van der Waals surface area contributed by atoms with Crippen LogP contribution in [0.1, 0.15) is 16.8 Å². The van der Waals surface area contributed by atoms with E-state index in [9.17, 15) is 0 Å². The summed E-state index contributed by atoms with van der Waals surface area (Å²) in [6.07, 6.45) is 1.58. The van der Waals surface area contributed by atoms with Crippen molar-refractivity contribution in [3.05, 3.63) is 57.8 Å². The maximum atomic E-state index is 8.74. The van der Waals surface area contributed by atoms with Crippen molar-refractivity contribution in [1.82, 2.24) is 4.98 Å². The predicted molar refractivity (Wildman–Crippen MR) is 80.0 cm³/mol. The third-order valence-electron chi connectivity index (χ3n) is 2.77. The molecule has 0 unspecified atom stereocenters. The third-order valence-corrected chi connectivity index (χ3v) is 3.66. The van der Waals surface area contributed by atoms with Crippen LogP contribution in [-0.2, 0) is 6.61 Å². The van der Waals surface area contributed by atoms with E-state index in [0.29, 0.717) is 12.3 Å². The van der Waals surface area contributed by atoms with Crippen molar-refractivity contribution in [1.29, 1.82) is 0 Å². The summed E-state index contributed by atoms with van der Waals surface area (Å²) in [6.45, 7) is 2.28. The fourth-order valence-corrected chi connectivity index (χ4v) is 1.95. The molecule has 0 fully saturated rings. The molecule has 0 saturated heterocycles. The largest absolute Gasteiger partial charge is 0.489 e. The van der Waals surface area contributed by atoms with E-state index in [2.05, 4.69) is 26.1 Å². The number of nitrogens with two attached hydrogens (primary N) is 1. The van der Waals surface area contributed by atoms with Crippen molar-refractivity contribution in [2.24, 2.45) is 10.9 Å². The smallest absolute Gasteiger partial charge is 0.189 e. The lowest BCUT2D eigenvalue weighted by molar-refractivity contribution is 0.304. The van der Waals surface area contributed by atoms with Gasteiger partial charge in [-0.1, -0.05) is 27.2 Å². The molecule has 0 saturated carbocycles. The second-order valence-electron chi connectivity index (χ2n) is 4.20. The lowest BCUT2D eigenvalue weighted by Gasteiger charge is -2.10. The zero-order valence-corrected chi connectivity index (χ0v) is 12.5. The summed E-state index contributed by atoms with van der Waals surface area (Å²) in [6, 6.07) is 9.34. The second-order valence-corrected chi connectivity index (χ2v) is 5.05. The first-order chi connectivity index (χ1) is 9.61. The number of benzene rings is 1.